The molecular formula is C11H14ClNO2. The quantitative estimate of drug-likeness (QED) is 0.827. The van der Waals surface area contributed by atoms with Crippen LogP contribution in [0.2, 0.25) is 5.02 Å². The number of hydrogen-bond donors (Lipinski definition) is 2. The van der Waals surface area contributed by atoms with Gasteiger partial charge in [0.15, 0.2) is 0 Å². The van der Waals surface area contributed by atoms with Crippen LogP contribution in [-0.4, -0.2) is 23.7 Å². The molecule has 0 aliphatic carbocycles. The van der Waals surface area contributed by atoms with Gasteiger partial charge in [-0.05, 0) is 25.5 Å². The molecule has 0 heterocycles. The lowest BCUT2D eigenvalue weighted by molar-refractivity contribution is 0.0924. The maximum atomic E-state index is 11.6. The van der Waals surface area contributed by atoms with E-state index in [1.807, 2.05) is 13.0 Å². The van der Waals surface area contributed by atoms with Crippen LogP contribution >= 0.6 is 11.6 Å². The molecule has 82 valence electrons. The first-order chi connectivity index (χ1) is 7.02. The van der Waals surface area contributed by atoms with Crippen LogP contribution in [-0.2, 0) is 0 Å². The number of benzene rings is 1. The summed E-state index contributed by atoms with van der Waals surface area (Å²) in [5.74, 6) is -0.260. The molecule has 0 radical (unpaired) electrons. The summed E-state index contributed by atoms with van der Waals surface area (Å²) in [7, 11) is 0. The maximum Gasteiger partial charge on any atom is 0.252 e. The molecule has 0 aromatic heterocycles. The Morgan fingerprint density at radius 3 is 2.87 bits per heavy atom. The molecule has 4 heteroatoms. The Morgan fingerprint density at radius 2 is 2.27 bits per heavy atom. The number of amides is 1. The minimum atomic E-state index is -0.558. The van der Waals surface area contributed by atoms with E-state index in [4.69, 9.17) is 16.7 Å². The van der Waals surface area contributed by atoms with E-state index in [0.29, 0.717) is 10.6 Å². The molecule has 0 aliphatic heterocycles. The molecule has 0 bridgehead atoms. The van der Waals surface area contributed by atoms with Crippen molar-refractivity contribution in [2.45, 2.75) is 20.0 Å². The van der Waals surface area contributed by atoms with Crippen LogP contribution in [0.15, 0.2) is 18.2 Å². The van der Waals surface area contributed by atoms with Crippen molar-refractivity contribution >= 4 is 17.5 Å². The van der Waals surface area contributed by atoms with Crippen molar-refractivity contribution in [2.75, 3.05) is 6.54 Å². The molecule has 1 atom stereocenters. The summed E-state index contributed by atoms with van der Waals surface area (Å²) in [5.41, 5.74) is 1.30. The van der Waals surface area contributed by atoms with E-state index in [1.54, 1.807) is 19.1 Å². The van der Waals surface area contributed by atoms with Crippen LogP contribution in [0.3, 0.4) is 0 Å². The zero-order valence-electron chi connectivity index (χ0n) is 8.75. The Hall–Kier alpha value is -1.06. The predicted octanol–water partition coefficient (Wildman–Crippen LogP) is 1.76. The summed E-state index contributed by atoms with van der Waals surface area (Å²) in [6.45, 7) is 3.68. The number of rotatable bonds is 3. The zero-order valence-corrected chi connectivity index (χ0v) is 9.51. The van der Waals surface area contributed by atoms with E-state index in [0.717, 1.165) is 5.56 Å². The van der Waals surface area contributed by atoms with Gasteiger partial charge in [-0.15, -0.1) is 0 Å². The smallest absolute Gasteiger partial charge is 0.252 e. The fourth-order valence-corrected chi connectivity index (χ4v) is 1.37. The second kappa shape index (κ2) is 5.14. The van der Waals surface area contributed by atoms with Crippen molar-refractivity contribution in [1.29, 1.82) is 0 Å². The first-order valence-corrected chi connectivity index (χ1v) is 5.11. The highest BCUT2D eigenvalue weighted by Gasteiger charge is 2.11. The summed E-state index contributed by atoms with van der Waals surface area (Å²) in [4.78, 5) is 11.6. The van der Waals surface area contributed by atoms with E-state index in [1.165, 1.54) is 0 Å². The lowest BCUT2D eigenvalue weighted by Gasteiger charge is -2.09. The standard InChI is InChI=1S/C11H14ClNO2/c1-7-4-3-5-9(10(7)12)11(15)13-6-8(2)14/h3-5,8,14H,6H2,1-2H3,(H,13,15). The Bertz CT molecular complexity index is 364. The second-order valence-electron chi connectivity index (χ2n) is 3.50. The van der Waals surface area contributed by atoms with Gasteiger partial charge in [-0.1, -0.05) is 23.7 Å². The fourth-order valence-electron chi connectivity index (χ4n) is 1.16. The van der Waals surface area contributed by atoms with Crippen LogP contribution in [0.4, 0.5) is 0 Å². The molecule has 3 nitrogen and oxygen atoms in total. The number of carbonyl (C=O) groups is 1. The summed E-state index contributed by atoms with van der Waals surface area (Å²) in [6, 6.07) is 5.28. The highest BCUT2D eigenvalue weighted by Crippen LogP contribution is 2.19. The molecule has 0 aliphatic rings. The van der Waals surface area contributed by atoms with Crippen LogP contribution in [0.25, 0.3) is 0 Å². The summed E-state index contributed by atoms with van der Waals surface area (Å²) in [6.07, 6.45) is -0.558. The molecule has 0 spiro atoms. The van der Waals surface area contributed by atoms with Gasteiger partial charge in [0.25, 0.3) is 5.91 Å². The largest absolute Gasteiger partial charge is 0.392 e. The zero-order chi connectivity index (χ0) is 11.4. The van der Waals surface area contributed by atoms with Gasteiger partial charge in [-0.2, -0.15) is 0 Å². The third kappa shape index (κ3) is 3.22. The third-order valence-electron chi connectivity index (χ3n) is 1.99. The summed E-state index contributed by atoms with van der Waals surface area (Å²) >= 11 is 5.98. The van der Waals surface area contributed by atoms with Gasteiger partial charge in [0.2, 0.25) is 0 Å². The van der Waals surface area contributed by atoms with Crippen LogP contribution in [0.5, 0.6) is 0 Å². The SMILES string of the molecule is Cc1cccc(C(=O)NCC(C)O)c1Cl. The molecular weight excluding hydrogens is 214 g/mol. The first kappa shape index (κ1) is 12.0. The van der Waals surface area contributed by atoms with Crippen molar-refractivity contribution in [3.05, 3.63) is 34.3 Å². The lowest BCUT2D eigenvalue weighted by Crippen LogP contribution is -2.30. The molecule has 15 heavy (non-hydrogen) atoms. The van der Waals surface area contributed by atoms with Crippen LogP contribution in [0.1, 0.15) is 22.8 Å². The Morgan fingerprint density at radius 1 is 1.60 bits per heavy atom. The molecule has 1 rings (SSSR count). The fraction of sp³-hybridized carbons (Fsp3) is 0.364. The maximum absolute atomic E-state index is 11.6. The monoisotopic (exact) mass is 227 g/mol. The van der Waals surface area contributed by atoms with Gasteiger partial charge in [-0.3, -0.25) is 4.79 Å². The summed E-state index contributed by atoms with van der Waals surface area (Å²) in [5, 5.41) is 12.1. The van der Waals surface area contributed by atoms with Crippen molar-refractivity contribution in [3.8, 4) is 0 Å². The number of aliphatic hydroxyl groups is 1. The predicted molar refractivity (Wildman–Crippen MR) is 60.2 cm³/mol. The van der Waals surface area contributed by atoms with Crippen molar-refractivity contribution in [1.82, 2.24) is 5.32 Å². The van der Waals surface area contributed by atoms with Crippen LogP contribution in [0, 0.1) is 6.92 Å². The highest BCUT2D eigenvalue weighted by molar-refractivity contribution is 6.34. The van der Waals surface area contributed by atoms with Gasteiger partial charge < -0.3 is 10.4 Å². The van der Waals surface area contributed by atoms with E-state index in [-0.39, 0.29) is 12.5 Å². The average molecular weight is 228 g/mol. The van der Waals surface area contributed by atoms with E-state index in [2.05, 4.69) is 5.32 Å². The molecule has 0 saturated heterocycles. The van der Waals surface area contributed by atoms with Crippen LogP contribution < -0.4 is 5.32 Å². The van der Waals surface area contributed by atoms with Gasteiger partial charge in [-0.25, -0.2) is 0 Å². The molecule has 1 amide bonds. The van der Waals surface area contributed by atoms with Crippen molar-refractivity contribution in [3.63, 3.8) is 0 Å². The molecule has 2 N–H and O–H groups in total. The van der Waals surface area contributed by atoms with Gasteiger partial charge >= 0.3 is 0 Å². The third-order valence-corrected chi connectivity index (χ3v) is 2.50. The number of aliphatic hydroxyl groups excluding tert-OH is 1. The molecule has 0 saturated carbocycles. The Kier molecular flexibility index (Phi) is 4.12. The van der Waals surface area contributed by atoms with E-state index >= 15 is 0 Å². The number of aryl methyl sites for hydroxylation is 1. The molecule has 1 unspecified atom stereocenters. The Balaban J connectivity index is 2.78. The molecule has 1 aromatic rings. The summed E-state index contributed by atoms with van der Waals surface area (Å²) < 4.78 is 0. The number of nitrogens with one attached hydrogen (secondary N) is 1. The first-order valence-electron chi connectivity index (χ1n) is 4.73. The van der Waals surface area contributed by atoms with Gasteiger partial charge in [0.05, 0.1) is 16.7 Å². The van der Waals surface area contributed by atoms with Gasteiger partial charge in [0, 0.05) is 6.54 Å². The second-order valence-corrected chi connectivity index (χ2v) is 3.87. The lowest BCUT2D eigenvalue weighted by atomic mass is 10.1. The number of halogens is 1. The minimum Gasteiger partial charge on any atom is -0.392 e. The van der Waals surface area contributed by atoms with E-state index in [9.17, 15) is 4.79 Å². The topological polar surface area (TPSA) is 49.3 Å². The highest BCUT2D eigenvalue weighted by atomic mass is 35.5. The molecule has 1 aromatic carbocycles. The number of carbonyl (C=O) groups excluding carboxylic acids is 1. The van der Waals surface area contributed by atoms with Crippen molar-refractivity contribution < 1.29 is 9.90 Å². The van der Waals surface area contributed by atoms with Gasteiger partial charge in [0.1, 0.15) is 0 Å². The van der Waals surface area contributed by atoms with E-state index < -0.39 is 6.10 Å². The minimum absolute atomic E-state index is 0.225. The normalized spacial score (nSPS) is 12.3. The van der Waals surface area contributed by atoms with Crippen molar-refractivity contribution in [2.24, 2.45) is 0 Å². The average Bonchev–Trinajstić information content (AvgIpc) is 2.18. The Labute approximate surface area is 94.1 Å². The molecule has 0 fully saturated rings. The number of hydrogen-bond acceptors (Lipinski definition) is 2.